The van der Waals surface area contributed by atoms with Crippen molar-refractivity contribution in [1.82, 2.24) is 0 Å². The summed E-state index contributed by atoms with van der Waals surface area (Å²) < 4.78 is 5.57. The van der Waals surface area contributed by atoms with Gasteiger partial charge in [0.15, 0.2) is 0 Å². The molecule has 0 saturated carbocycles. The lowest BCUT2D eigenvalue weighted by molar-refractivity contribution is -0.384. The van der Waals surface area contributed by atoms with Gasteiger partial charge in [-0.3, -0.25) is 10.1 Å². The smallest absolute Gasteiger partial charge is 0.269 e. The van der Waals surface area contributed by atoms with Crippen LogP contribution in [0.25, 0.3) is 22.1 Å². The number of nitriles is 1. The lowest BCUT2D eigenvalue weighted by Gasteiger charge is -1.97. The van der Waals surface area contributed by atoms with E-state index < -0.39 is 4.92 Å². The number of benzene rings is 2. The fourth-order valence-corrected chi connectivity index (χ4v) is 2.12. The third kappa shape index (κ3) is 1.80. The van der Waals surface area contributed by atoms with E-state index in [2.05, 4.69) is 0 Å². The zero-order valence-corrected chi connectivity index (χ0v) is 10.2. The first-order valence-electron chi connectivity index (χ1n) is 5.87. The minimum atomic E-state index is -0.454. The van der Waals surface area contributed by atoms with Crippen molar-refractivity contribution < 1.29 is 9.34 Å². The number of nitro benzene ring substituents is 1. The van der Waals surface area contributed by atoms with Crippen LogP contribution in [0.2, 0.25) is 0 Å². The summed E-state index contributed by atoms with van der Waals surface area (Å²) in [5.41, 5.74) is 0.721. The van der Waals surface area contributed by atoms with Crippen molar-refractivity contribution in [2.24, 2.45) is 0 Å². The van der Waals surface area contributed by atoms with E-state index >= 15 is 0 Å². The van der Waals surface area contributed by atoms with Crippen LogP contribution in [0, 0.1) is 21.4 Å². The average Bonchev–Trinajstić information content (AvgIpc) is 2.86. The first kappa shape index (κ1) is 11.9. The summed E-state index contributed by atoms with van der Waals surface area (Å²) in [6.07, 6.45) is 0. The van der Waals surface area contributed by atoms with E-state index in [-0.39, 0.29) is 11.4 Å². The molecule has 5 heteroatoms. The maximum absolute atomic E-state index is 10.7. The molecule has 20 heavy (non-hydrogen) atoms. The average molecular weight is 264 g/mol. The normalized spacial score (nSPS) is 10.3. The first-order valence-corrected chi connectivity index (χ1v) is 5.87. The summed E-state index contributed by atoms with van der Waals surface area (Å²) in [7, 11) is 0. The Kier molecular flexibility index (Phi) is 2.70. The van der Waals surface area contributed by atoms with Crippen molar-refractivity contribution in [3.8, 4) is 17.4 Å². The molecule has 0 saturated heterocycles. The molecule has 0 aliphatic carbocycles. The van der Waals surface area contributed by atoms with Crippen molar-refractivity contribution in [2.45, 2.75) is 0 Å². The molecule has 0 N–H and O–H groups in total. The predicted molar refractivity (Wildman–Crippen MR) is 73.0 cm³/mol. The Labute approximate surface area is 113 Å². The molecular formula is C15H8N2O3. The van der Waals surface area contributed by atoms with E-state index in [1.165, 1.54) is 12.1 Å². The Bertz CT molecular complexity index is 842. The predicted octanol–water partition coefficient (Wildman–Crippen LogP) is 3.88. The van der Waals surface area contributed by atoms with Crippen molar-refractivity contribution in [3.63, 3.8) is 0 Å². The van der Waals surface area contributed by atoms with E-state index in [0.29, 0.717) is 11.3 Å². The molecule has 0 unspecified atom stereocenters. The Balaban J connectivity index is 2.20. The minimum absolute atomic E-state index is 0.0186. The van der Waals surface area contributed by atoms with Crippen LogP contribution in [0.15, 0.2) is 52.9 Å². The molecule has 1 heterocycles. The number of furan rings is 1. The highest BCUT2D eigenvalue weighted by Crippen LogP contribution is 2.34. The Hall–Kier alpha value is -3.13. The van der Waals surface area contributed by atoms with Gasteiger partial charge in [-0.1, -0.05) is 18.2 Å². The summed E-state index contributed by atoms with van der Waals surface area (Å²) in [6, 6.07) is 15.4. The number of nitrogens with zero attached hydrogens (tertiary/aromatic N) is 2. The van der Waals surface area contributed by atoms with E-state index in [1.807, 2.05) is 30.3 Å². The topological polar surface area (TPSA) is 80.1 Å². The molecule has 0 atom stereocenters. The molecule has 0 spiro atoms. The molecule has 0 aliphatic heterocycles. The summed E-state index contributed by atoms with van der Waals surface area (Å²) in [5.74, 6) is 0.793. The van der Waals surface area contributed by atoms with Crippen molar-refractivity contribution >= 4 is 16.5 Å². The Morgan fingerprint density at radius 1 is 1.05 bits per heavy atom. The van der Waals surface area contributed by atoms with E-state index in [4.69, 9.17) is 9.68 Å². The number of non-ortho nitro benzene ring substituents is 1. The van der Waals surface area contributed by atoms with Crippen LogP contribution < -0.4 is 0 Å². The number of rotatable bonds is 2. The van der Waals surface area contributed by atoms with Crippen LogP contribution in [0.1, 0.15) is 5.76 Å². The van der Waals surface area contributed by atoms with Gasteiger partial charge in [0.1, 0.15) is 11.8 Å². The molecule has 0 radical (unpaired) electrons. The lowest BCUT2D eigenvalue weighted by Crippen LogP contribution is -1.86. The zero-order chi connectivity index (χ0) is 14.1. The molecule has 0 bridgehead atoms. The summed E-state index contributed by atoms with van der Waals surface area (Å²) in [4.78, 5) is 10.2. The standard InChI is InChI=1S/C15H8N2O3/c16-9-14-12-3-1-2-4-13(12)15(20-14)10-5-7-11(8-6-10)17(18)19/h1-8H. The lowest BCUT2D eigenvalue weighted by atomic mass is 10.1. The number of hydrogen-bond donors (Lipinski definition) is 0. The monoisotopic (exact) mass is 264 g/mol. The van der Waals surface area contributed by atoms with Crippen LogP contribution >= 0.6 is 0 Å². The molecular weight excluding hydrogens is 256 g/mol. The summed E-state index contributed by atoms with van der Waals surface area (Å²) >= 11 is 0. The second-order valence-electron chi connectivity index (χ2n) is 4.22. The van der Waals surface area contributed by atoms with Crippen LogP contribution in [0.3, 0.4) is 0 Å². The molecule has 3 aromatic rings. The fourth-order valence-electron chi connectivity index (χ4n) is 2.12. The Morgan fingerprint density at radius 2 is 1.70 bits per heavy atom. The molecule has 3 rings (SSSR count). The maximum Gasteiger partial charge on any atom is 0.269 e. The maximum atomic E-state index is 10.7. The minimum Gasteiger partial charge on any atom is -0.444 e. The van der Waals surface area contributed by atoms with Gasteiger partial charge in [0.25, 0.3) is 5.69 Å². The second-order valence-corrected chi connectivity index (χ2v) is 4.22. The van der Waals surface area contributed by atoms with Gasteiger partial charge in [0.2, 0.25) is 5.76 Å². The highest BCUT2D eigenvalue weighted by atomic mass is 16.6. The molecule has 96 valence electrons. The van der Waals surface area contributed by atoms with Gasteiger partial charge < -0.3 is 4.42 Å². The van der Waals surface area contributed by atoms with Gasteiger partial charge in [-0.05, 0) is 18.2 Å². The van der Waals surface area contributed by atoms with Crippen molar-refractivity contribution in [2.75, 3.05) is 0 Å². The molecule has 5 nitrogen and oxygen atoms in total. The van der Waals surface area contributed by atoms with Crippen molar-refractivity contribution in [3.05, 3.63) is 64.4 Å². The van der Waals surface area contributed by atoms with Crippen LogP contribution in [0.4, 0.5) is 5.69 Å². The molecule has 0 amide bonds. The quantitative estimate of drug-likeness (QED) is 0.519. The summed E-state index contributed by atoms with van der Waals surface area (Å²) in [5, 5.41) is 21.3. The van der Waals surface area contributed by atoms with Gasteiger partial charge in [0, 0.05) is 28.5 Å². The van der Waals surface area contributed by atoms with Crippen LogP contribution in [0.5, 0.6) is 0 Å². The molecule has 1 aromatic heterocycles. The number of fused-ring (bicyclic) bond motifs is 1. The van der Waals surface area contributed by atoms with Gasteiger partial charge in [-0.2, -0.15) is 5.26 Å². The van der Waals surface area contributed by atoms with Crippen LogP contribution in [-0.2, 0) is 0 Å². The second kappa shape index (κ2) is 4.52. The van der Waals surface area contributed by atoms with Crippen LogP contribution in [-0.4, -0.2) is 4.92 Å². The molecule has 2 aromatic carbocycles. The zero-order valence-electron chi connectivity index (χ0n) is 10.2. The van der Waals surface area contributed by atoms with Gasteiger partial charge in [0.05, 0.1) is 4.92 Å². The fraction of sp³-hybridized carbons (Fsp3) is 0. The van der Waals surface area contributed by atoms with Gasteiger partial charge in [-0.25, -0.2) is 0 Å². The third-order valence-corrected chi connectivity index (χ3v) is 3.06. The van der Waals surface area contributed by atoms with E-state index in [9.17, 15) is 10.1 Å². The highest BCUT2D eigenvalue weighted by molar-refractivity contribution is 5.97. The molecule has 0 aliphatic rings. The van der Waals surface area contributed by atoms with E-state index in [1.54, 1.807) is 12.1 Å². The van der Waals surface area contributed by atoms with Crippen molar-refractivity contribution in [1.29, 1.82) is 5.26 Å². The SMILES string of the molecule is N#Cc1oc(-c2ccc([N+](=O)[O-])cc2)c2ccccc12. The van der Waals surface area contributed by atoms with E-state index in [0.717, 1.165) is 10.8 Å². The largest absolute Gasteiger partial charge is 0.444 e. The Morgan fingerprint density at radius 3 is 2.30 bits per heavy atom. The van der Waals surface area contributed by atoms with Gasteiger partial charge in [-0.15, -0.1) is 0 Å². The highest BCUT2D eigenvalue weighted by Gasteiger charge is 2.15. The third-order valence-electron chi connectivity index (χ3n) is 3.06. The molecule has 0 fully saturated rings. The summed E-state index contributed by atoms with van der Waals surface area (Å²) in [6.45, 7) is 0. The van der Waals surface area contributed by atoms with Gasteiger partial charge >= 0.3 is 0 Å². The number of hydrogen-bond acceptors (Lipinski definition) is 4. The first-order chi connectivity index (χ1) is 9.70. The number of nitro groups is 1.